The van der Waals surface area contributed by atoms with E-state index < -0.39 is 11.5 Å². The second kappa shape index (κ2) is 8.65. The molecule has 2 heterocycles. The Balaban J connectivity index is 2.13. The Morgan fingerprint density at radius 2 is 1.96 bits per heavy atom. The largest absolute Gasteiger partial charge is 0.427 e. The van der Waals surface area contributed by atoms with Gasteiger partial charge >= 0.3 is 5.63 Å². The lowest BCUT2D eigenvalue weighted by atomic mass is 10.0. The molecule has 0 bridgehead atoms. The standard InChI is InChI=1S/C20H27N3O3/c1-12(2)6-8-16-10-14(5)18(20(25)26-16)19(24)23-15-7-9-17(21-11-15)22-13(3)4/h7,9-13H,6,8H2,1-5H3,(H,21,22)(H,23,24). The molecule has 2 N–H and O–H groups in total. The lowest BCUT2D eigenvalue weighted by Crippen LogP contribution is -2.23. The van der Waals surface area contributed by atoms with E-state index in [1.165, 1.54) is 0 Å². The monoisotopic (exact) mass is 357 g/mol. The predicted octanol–water partition coefficient (Wildman–Crippen LogP) is 4.00. The van der Waals surface area contributed by atoms with Gasteiger partial charge in [0.05, 0.1) is 11.9 Å². The minimum atomic E-state index is -0.604. The van der Waals surface area contributed by atoms with Crippen LogP contribution in [0.1, 0.15) is 55.8 Å². The van der Waals surface area contributed by atoms with Gasteiger partial charge in [-0.2, -0.15) is 0 Å². The Morgan fingerprint density at radius 1 is 1.23 bits per heavy atom. The molecule has 0 aliphatic carbocycles. The summed E-state index contributed by atoms with van der Waals surface area (Å²) in [6.07, 6.45) is 3.16. The molecule has 2 rings (SSSR count). The summed E-state index contributed by atoms with van der Waals surface area (Å²) in [5.41, 5.74) is 0.561. The van der Waals surface area contributed by atoms with Crippen molar-refractivity contribution in [3.05, 3.63) is 51.7 Å². The van der Waals surface area contributed by atoms with E-state index in [1.54, 1.807) is 31.3 Å². The summed E-state index contributed by atoms with van der Waals surface area (Å²) in [6, 6.07) is 5.56. The van der Waals surface area contributed by atoms with E-state index in [9.17, 15) is 9.59 Å². The number of rotatable bonds is 7. The molecule has 2 aromatic rings. The molecular weight excluding hydrogens is 330 g/mol. The zero-order valence-electron chi connectivity index (χ0n) is 16.1. The molecular formula is C20H27N3O3. The van der Waals surface area contributed by atoms with Gasteiger partial charge < -0.3 is 15.1 Å². The molecule has 0 aliphatic rings. The second-order valence-corrected chi connectivity index (χ2v) is 7.18. The van der Waals surface area contributed by atoms with Crippen LogP contribution in [0.4, 0.5) is 11.5 Å². The lowest BCUT2D eigenvalue weighted by Gasteiger charge is -2.11. The highest BCUT2D eigenvalue weighted by Gasteiger charge is 2.17. The van der Waals surface area contributed by atoms with Crippen molar-refractivity contribution in [2.45, 2.75) is 53.5 Å². The first-order valence-electron chi connectivity index (χ1n) is 8.93. The first-order valence-corrected chi connectivity index (χ1v) is 8.93. The van der Waals surface area contributed by atoms with E-state index in [0.717, 1.165) is 12.2 Å². The van der Waals surface area contributed by atoms with Crippen molar-refractivity contribution in [2.24, 2.45) is 5.92 Å². The van der Waals surface area contributed by atoms with E-state index in [0.29, 0.717) is 29.3 Å². The predicted molar refractivity (Wildman–Crippen MR) is 104 cm³/mol. The van der Waals surface area contributed by atoms with Crippen molar-refractivity contribution in [1.29, 1.82) is 0 Å². The summed E-state index contributed by atoms with van der Waals surface area (Å²) < 4.78 is 5.32. The molecule has 0 atom stereocenters. The zero-order valence-corrected chi connectivity index (χ0v) is 16.1. The number of nitrogens with zero attached hydrogens (tertiary/aromatic N) is 1. The smallest absolute Gasteiger partial charge is 0.349 e. The quantitative estimate of drug-likeness (QED) is 0.782. The Labute approximate surface area is 154 Å². The van der Waals surface area contributed by atoms with Gasteiger partial charge in [-0.25, -0.2) is 9.78 Å². The van der Waals surface area contributed by atoms with Crippen LogP contribution in [0.25, 0.3) is 0 Å². The molecule has 0 spiro atoms. The zero-order chi connectivity index (χ0) is 19.3. The van der Waals surface area contributed by atoms with Gasteiger partial charge in [-0.05, 0) is 56.9 Å². The summed E-state index contributed by atoms with van der Waals surface area (Å²) in [7, 11) is 0. The molecule has 26 heavy (non-hydrogen) atoms. The minimum absolute atomic E-state index is 0.0303. The molecule has 0 aromatic carbocycles. The number of aryl methyl sites for hydroxylation is 2. The van der Waals surface area contributed by atoms with Crippen LogP contribution in [-0.4, -0.2) is 16.9 Å². The molecule has 6 nitrogen and oxygen atoms in total. The lowest BCUT2D eigenvalue weighted by molar-refractivity contribution is 0.102. The SMILES string of the molecule is Cc1cc(CCC(C)C)oc(=O)c1C(=O)Nc1ccc(NC(C)C)nc1. The first-order chi connectivity index (χ1) is 12.3. The fourth-order valence-electron chi connectivity index (χ4n) is 2.54. The van der Waals surface area contributed by atoms with Gasteiger partial charge in [-0.15, -0.1) is 0 Å². The van der Waals surface area contributed by atoms with E-state index in [-0.39, 0.29) is 11.6 Å². The fourth-order valence-corrected chi connectivity index (χ4v) is 2.54. The van der Waals surface area contributed by atoms with E-state index in [2.05, 4.69) is 29.5 Å². The van der Waals surface area contributed by atoms with Gasteiger partial charge in [0.1, 0.15) is 17.1 Å². The molecule has 2 aromatic heterocycles. The van der Waals surface area contributed by atoms with Crippen molar-refractivity contribution < 1.29 is 9.21 Å². The highest BCUT2D eigenvalue weighted by Crippen LogP contribution is 2.15. The maximum absolute atomic E-state index is 12.5. The van der Waals surface area contributed by atoms with E-state index in [1.807, 2.05) is 13.8 Å². The van der Waals surface area contributed by atoms with Gasteiger partial charge in [0.25, 0.3) is 5.91 Å². The van der Waals surface area contributed by atoms with Crippen molar-refractivity contribution >= 4 is 17.4 Å². The molecule has 0 radical (unpaired) electrons. The minimum Gasteiger partial charge on any atom is -0.427 e. The van der Waals surface area contributed by atoms with Crippen LogP contribution in [-0.2, 0) is 6.42 Å². The molecule has 0 unspecified atom stereocenters. The van der Waals surface area contributed by atoms with E-state index in [4.69, 9.17) is 4.42 Å². The summed E-state index contributed by atoms with van der Waals surface area (Å²) in [5.74, 6) is 1.37. The summed E-state index contributed by atoms with van der Waals surface area (Å²) in [5, 5.41) is 5.87. The fraction of sp³-hybridized carbons (Fsp3) is 0.450. The van der Waals surface area contributed by atoms with Crippen LogP contribution in [0.15, 0.2) is 33.6 Å². The van der Waals surface area contributed by atoms with Gasteiger partial charge in [0.2, 0.25) is 0 Å². The topological polar surface area (TPSA) is 84.2 Å². The molecule has 0 fully saturated rings. The average Bonchev–Trinajstić information content (AvgIpc) is 2.53. The third kappa shape index (κ3) is 5.44. The van der Waals surface area contributed by atoms with Crippen molar-refractivity contribution in [2.75, 3.05) is 10.6 Å². The number of nitrogens with one attached hydrogen (secondary N) is 2. The summed E-state index contributed by atoms with van der Waals surface area (Å²) in [6.45, 7) is 10.0. The molecule has 0 saturated heterocycles. The Morgan fingerprint density at radius 3 is 2.50 bits per heavy atom. The van der Waals surface area contributed by atoms with Crippen LogP contribution in [0, 0.1) is 12.8 Å². The average molecular weight is 357 g/mol. The molecule has 0 saturated carbocycles. The Kier molecular flexibility index (Phi) is 6.55. The van der Waals surface area contributed by atoms with Crippen molar-refractivity contribution in [3.63, 3.8) is 0 Å². The van der Waals surface area contributed by atoms with Crippen LogP contribution in [0.2, 0.25) is 0 Å². The number of carbonyl (C=O) groups excluding carboxylic acids is 1. The molecule has 6 heteroatoms. The third-order valence-electron chi connectivity index (χ3n) is 3.85. The number of aromatic nitrogens is 1. The third-order valence-corrected chi connectivity index (χ3v) is 3.85. The number of carbonyl (C=O) groups is 1. The van der Waals surface area contributed by atoms with Crippen molar-refractivity contribution in [1.82, 2.24) is 4.98 Å². The maximum Gasteiger partial charge on any atom is 0.349 e. The van der Waals surface area contributed by atoms with Gasteiger partial charge in [-0.3, -0.25) is 4.79 Å². The normalized spacial score (nSPS) is 11.0. The maximum atomic E-state index is 12.5. The number of amides is 1. The number of hydrogen-bond donors (Lipinski definition) is 2. The molecule has 0 aliphatic heterocycles. The van der Waals surface area contributed by atoms with Gasteiger partial charge in [0.15, 0.2) is 0 Å². The van der Waals surface area contributed by atoms with Crippen molar-refractivity contribution in [3.8, 4) is 0 Å². The van der Waals surface area contributed by atoms with Crippen LogP contribution in [0.3, 0.4) is 0 Å². The van der Waals surface area contributed by atoms with Gasteiger partial charge in [-0.1, -0.05) is 13.8 Å². The second-order valence-electron chi connectivity index (χ2n) is 7.18. The first kappa shape index (κ1) is 19.7. The number of anilines is 2. The van der Waals surface area contributed by atoms with E-state index >= 15 is 0 Å². The molecule has 140 valence electrons. The Bertz CT molecular complexity index is 808. The Hall–Kier alpha value is -2.63. The summed E-state index contributed by atoms with van der Waals surface area (Å²) in [4.78, 5) is 29.0. The van der Waals surface area contributed by atoms with Crippen LogP contribution in [0.5, 0.6) is 0 Å². The molecule has 1 amide bonds. The highest BCUT2D eigenvalue weighted by molar-refractivity contribution is 6.04. The van der Waals surface area contributed by atoms with Crippen LogP contribution < -0.4 is 16.3 Å². The number of pyridine rings is 1. The summed E-state index contributed by atoms with van der Waals surface area (Å²) >= 11 is 0. The van der Waals surface area contributed by atoms with Gasteiger partial charge in [0, 0.05) is 12.5 Å². The number of hydrogen-bond acceptors (Lipinski definition) is 5. The highest BCUT2D eigenvalue weighted by atomic mass is 16.4. The van der Waals surface area contributed by atoms with Crippen LogP contribution >= 0.6 is 0 Å².